The minimum atomic E-state index is -0.0303. The summed E-state index contributed by atoms with van der Waals surface area (Å²) in [6.45, 7) is 7.27. The van der Waals surface area contributed by atoms with Crippen molar-refractivity contribution in [3.05, 3.63) is 83.7 Å². The predicted molar refractivity (Wildman–Crippen MR) is 143 cm³/mol. The molecule has 2 aromatic heterocycles. The zero-order chi connectivity index (χ0) is 24.6. The van der Waals surface area contributed by atoms with E-state index < -0.39 is 0 Å². The van der Waals surface area contributed by atoms with Crippen molar-refractivity contribution in [2.24, 2.45) is 5.92 Å². The van der Waals surface area contributed by atoms with E-state index in [2.05, 4.69) is 43.1 Å². The third-order valence-electron chi connectivity index (χ3n) is 7.69. The maximum Gasteiger partial charge on any atom is 0.254 e. The normalized spacial score (nSPS) is 20.3. The third kappa shape index (κ3) is 4.25. The van der Waals surface area contributed by atoms with Gasteiger partial charge in [0.05, 0.1) is 11.7 Å². The Morgan fingerprint density at radius 1 is 0.944 bits per heavy atom. The number of hydrogen-bond acceptors (Lipinski definition) is 4. The molecule has 6 rings (SSSR count). The maximum absolute atomic E-state index is 13.6. The van der Waals surface area contributed by atoms with Crippen LogP contribution in [0.5, 0.6) is 0 Å². The van der Waals surface area contributed by atoms with Crippen molar-refractivity contribution >= 4 is 17.4 Å². The van der Waals surface area contributed by atoms with Gasteiger partial charge in [-0.15, -0.1) is 0 Å². The Balaban J connectivity index is 1.27. The average Bonchev–Trinajstić information content (AvgIpc) is 3.54. The van der Waals surface area contributed by atoms with Crippen LogP contribution in [0.1, 0.15) is 60.3 Å². The first kappa shape index (κ1) is 22.8. The molecule has 4 aromatic rings. The van der Waals surface area contributed by atoms with Crippen LogP contribution in [0, 0.1) is 12.8 Å². The van der Waals surface area contributed by atoms with E-state index in [1.165, 1.54) is 6.42 Å². The number of nitrogens with zero attached hydrogens (tertiary/aromatic N) is 5. The first-order valence-electron chi connectivity index (χ1n) is 13.1. The highest BCUT2D eigenvalue weighted by molar-refractivity contribution is 5.95. The zero-order valence-corrected chi connectivity index (χ0v) is 21.1. The molecule has 2 atom stereocenters. The summed E-state index contributed by atoms with van der Waals surface area (Å²) in [6, 6.07) is 20.3. The van der Waals surface area contributed by atoms with Gasteiger partial charge in [-0.1, -0.05) is 49.4 Å². The van der Waals surface area contributed by atoms with E-state index in [1.807, 2.05) is 51.9 Å². The molecular formula is C30H33N5O. The molecule has 0 unspecified atom stereocenters. The van der Waals surface area contributed by atoms with Gasteiger partial charge in [0.1, 0.15) is 5.82 Å². The lowest BCUT2D eigenvalue weighted by Gasteiger charge is -2.34. The second kappa shape index (κ2) is 9.41. The topological polar surface area (TPSA) is 53.7 Å². The number of carbonyl (C=O) groups is 1. The summed E-state index contributed by atoms with van der Waals surface area (Å²) in [7, 11) is 0. The third-order valence-corrected chi connectivity index (χ3v) is 7.69. The van der Waals surface area contributed by atoms with Gasteiger partial charge in [-0.25, -0.2) is 9.50 Å². The number of amides is 1. The fourth-order valence-electron chi connectivity index (χ4n) is 5.71. The van der Waals surface area contributed by atoms with E-state index in [1.54, 1.807) is 0 Å². The predicted octanol–water partition coefficient (Wildman–Crippen LogP) is 5.92. The van der Waals surface area contributed by atoms with Crippen molar-refractivity contribution in [1.29, 1.82) is 0 Å². The molecular weight excluding hydrogens is 446 g/mol. The van der Waals surface area contributed by atoms with Crippen molar-refractivity contribution in [3.8, 4) is 11.1 Å². The van der Waals surface area contributed by atoms with Gasteiger partial charge in [-0.05, 0) is 61.8 Å². The fourth-order valence-corrected chi connectivity index (χ4v) is 5.71. The first-order chi connectivity index (χ1) is 17.6. The molecule has 36 heavy (non-hydrogen) atoms. The summed E-state index contributed by atoms with van der Waals surface area (Å²) in [5.41, 5.74) is 5.93. The number of anilines is 1. The number of aryl methyl sites for hydroxylation is 1. The molecule has 6 heteroatoms. The number of hydrogen-bond donors (Lipinski definition) is 0. The molecule has 0 spiro atoms. The summed E-state index contributed by atoms with van der Waals surface area (Å²) in [5.74, 6) is 1.84. The number of benzene rings is 2. The highest BCUT2D eigenvalue weighted by atomic mass is 16.2. The van der Waals surface area contributed by atoms with Crippen LogP contribution in [0.15, 0.2) is 66.9 Å². The molecule has 2 aromatic carbocycles. The molecule has 0 bridgehead atoms. The number of rotatable bonds is 4. The monoisotopic (exact) mass is 479 g/mol. The number of piperidine rings is 1. The molecule has 2 fully saturated rings. The Morgan fingerprint density at radius 3 is 2.47 bits per heavy atom. The van der Waals surface area contributed by atoms with Crippen LogP contribution in [0.2, 0.25) is 0 Å². The van der Waals surface area contributed by atoms with Crippen molar-refractivity contribution in [2.75, 3.05) is 24.5 Å². The van der Waals surface area contributed by atoms with Crippen LogP contribution in [-0.2, 0) is 0 Å². The molecule has 4 heterocycles. The lowest BCUT2D eigenvalue weighted by molar-refractivity contribution is 0.0605. The van der Waals surface area contributed by atoms with Crippen molar-refractivity contribution < 1.29 is 4.79 Å². The molecule has 0 N–H and O–H groups in total. The van der Waals surface area contributed by atoms with Gasteiger partial charge in [-0.3, -0.25) is 4.79 Å². The second-order valence-electron chi connectivity index (χ2n) is 10.4. The molecule has 184 valence electrons. The quantitative estimate of drug-likeness (QED) is 0.365. The van der Waals surface area contributed by atoms with Gasteiger partial charge in [-0.2, -0.15) is 5.10 Å². The molecule has 2 aliphatic heterocycles. The number of carbonyl (C=O) groups excluding carboxylic acids is 1. The molecule has 1 amide bonds. The summed E-state index contributed by atoms with van der Waals surface area (Å²) in [6.07, 6.45) is 6.34. The van der Waals surface area contributed by atoms with Crippen LogP contribution in [0.4, 0.5) is 5.82 Å². The fraction of sp³-hybridized carbons (Fsp3) is 0.367. The molecule has 0 radical (unpaired) electrons. The minimum absolute atomic E-state index is 0.0303. The van der Waals surface area contributed by atoms with Gasteiger partial charge < -0.3 is 9.80 Å². The van der Waals surface area contributed by atoms with Crippen LogP contribution in [-0.4, -0.2) is 45.0 Å². The lowest BCUT2D eigenvalue weighted by Crippen LogP contribution is -2.38. The summed E-state index contributed by atoms with van der Waals surface area (Å²) >= 11 is 0. The van der Waals surface area contributed by atoms with Crippen LogP contribution in [0.25, 0.3) is 16.8 Å². The van der Waals surface area contributed by atoms with E-state index in [0.717, 1.165) is 78.3 Å². The van der Waals surface area contributed by atoms with Crippen LogP contribution >= 0.6 is 0 Å². The standard InChI is InChI=1S/C30H33N5O/c1-21-15-17-33(19-21)29-22(2)20-35-28(31-29)18-26(32-35)27-10-6-7-16-34(27)30(36)25-13-11-24(12-14-25)23-8-4-3-5-9-23/h3-5,8-9,11-14,18,20-21,27H,6-7,10,15-17,19H2,1-2H3/t21-,27-/m0/s1. The largest absolute Gasteiger partial charge is 0.356 e. The van der Waals surface area contributed by atoms with Crippen LogP contribution in [0.3, 0.4) is 0 Å². The SMILES string of the molecule is Cc1cn2nc([C@@H]3CCCCN3C(=O)c3ccc(-c4ccccc4)cc3)cc2nc1N1CC[C@H](C)C1. The van der Waals surface area contributed by atoms with Gasteiger partial charge in [0.15, 0.2) is 5.65 Å². The molecule has 0 saturated carbocycles. The Labute approximate surface area is 212 Å². The van der Waals surface area contributed by atoms with E-state index in [-0.39, 0.29) is 11.9 Å². The van der Waals surface area contributed by atoms with Crippen molar-refractivity contribution in [3.63, 3.8) is 0 Å². The first-order valence-corrected chi connectivity index (χ1v) is 13.1. The number of likely N-dealkylation sites (tertiary alicyclic amines) is 1. The number of fused-ring (bicyclic) bond motifs is 1. The molecule has 6 nitrogen and oxygen atoms in total. The van der Waals surface area contributed by atoms with Gasteiger partial charge in [0, 0.05) is 43.0 Å². The highest BCUT2D eigenvalue weighted by Crippen LogP contribution is 2.33. The van der Waals surface area contributed by atoms with Crippen molar-refractivity contribution in [2.45, 2.75) is 45.6 Å². The van der Waals surface area contributed by atoms with Gasteiger partial charge in [0.2, 0.25) is 0 Å². The van der Waals surface area contributed by atoms with E-state index in [9.17, 15) is 4.79 Å². The van der Waals surface area contributed by atoms with E-state index >= 15 is 0 Å². The molecule has 0 aliphatic carbocycles. The maximum atomic E-state index is 13.6. The van der Waals surface area contributed by atoms with Crippen LogP contribution < -0.4 is 4.90 Å². The Hall–Kier alpha value is -3.67. The Kier molecular flexibility index (Phi) is 5.96. The Bertz CT molecular complexity index is 1380. The van der Waals surface area contributed by atoms with Gasteiger partial charge in [0.25, 0.3) is 5.91 Å². The minimum Gasteiger partial charge on any atom is -0.356 e. The number of aromatic nitrogens is 3. The molecule has 2 aliphatic rings. The van der Waals surface area contributed by atoms with E-state index in [4.69, 9.17) is 10.1 Å². The zero-order valence-electron chi connectivity index (χ0n) is 21.1. The second-order valence-corrected chi connectivity index (χ2v) is 10.4. The summed E-state index contributed by atoms with van der Waals surface area (Å²) in [4.78, 5) is 23.0. The average molecular weight is 480 g/mol. The summed E-state index contributed by atoms with van der Waals surface area (Å²) < 4.78 is 1.89. The smallest absolute Gasteiger partial charge is 0.254 e. The van der Waals surface area contributed by atoms with Gasteiger partial charge >= 0.3 is 0 Å². The van der Waals surface area contributed by atoms with Crippen molar-refractivity contribution in [1.82, 2.24) is 19.5 Å². The highest BCUT2D eigenvalue weighted by Gasteiger charge is 2.31. The molecule has 2 saturated heterocycles. The lowest BCUT2D eigenvalue weighted by atomic mass is 9.97. The van der Waals surface area contributed by atoms with E-state index in [0.29, 0.717) is 5.92 Å². The summed E-state index contributed by atoms with van der Waals surface area (Å²) in [5, 5.41) is 4.90. The Morgan fingerprint density at radius 2 is 1.72 bits per heavy atom.